The van der Waals surface area contributed by atoms with E-state index in [0.717, 1.165) is 22.6 Å². The van der Waals surface area contributed by atoms with E-state index in [2.05, 4.69) is 0 Å². The van der Waals surface area contributed by atoms with E-state index in [0.29, 0.717) is 0 Å². The fourth-order valence-corrected chi connectivity index (χ4v) is 2.92. The van der Waals surface area contributed by atoms with E-state index >= 15 is 0 Å². The van der Waals surface area contributed by atoms with Gasteiger partial charge >= 0.3 is 0 Å². The largest absolute Gasteiger partial charge is 0.457 e. The minimum absolute atomic E-state index is 0.0898. The van der Waals surface area contributed by atoms with Crippen LogP contribution in [0.1, 0.15) is 0 Å². The summed E-state index contributed by atoms with van der Waals surface area (Å²) >= 11 is 0. The molecule has 0 aliphatic heterocycles. The zero-order valence-corrected chi connectivity index (χ0v) is 13.6. The summed E-state index contributed by atoms with van der Waals surface area (Å²) in [5.41, 5.74) is 1.87. The van der Waals surface area contributed by atoms with Gasteiger partial charge in [0.15, 0.2) is 0 Å². The maximum absolute atomic E-state index is 11.2. The fourth-order valence-electron chi connectivity index (χ4n) is 2.15. The molecule has 3 rings (SSSR count). The first-order valence-electron chi connectivity index (χ1n) is 6.90. The Hall–Kier alpha value is -2.30. The van der Waals surface area contributed by atoms with Gasteiger partial charge in [-0.3, -0.25) is 0 Å². The van der Waals surface area contributed by atoms with Crippen LogP contribution in [0.15, 0.2) is 83.8 Å². The second kappa shape index (κ2) is 6.44. The first-order chi connectivity index (χ1) is 11.0. The number of para-hydroxylation sites is 1. The van der Waals surface area contributed by atoms with Crippen LogP contribution in [0.25, 0.3) is 11.1 Å². The molecule has 0 radical (unpaired) electrons. The lowest BCUT2D eigenvalue weighted by atomic mass is 10.1. The Bertz CT molecular complexity index is 887. The van der Waals surface area contributed by atoms with Crippen molar-refractivity contribution in [2.24, 2.45) is 0 Å². The normalized spacial score (nSPS) is 11.2. The van der Waals surface area contributed by atoms with Crippen LogP contribution < -0.4 is 4.74 Å². The quantitative estimate of drug-likeness (QED) is 0.620. The predicted octanol–water partition coefficient (Wildman–Crippen LogP) is 5.07. The van der Waals surface area contributed by atoms with E-state index in [4.69, 9.17) is 15.4 Å². The smallest absolute Gasteiger partial charge is 0.261 e. The van der Waals surface area contributed by atoms with Crippen LogP contribution in [0.2, 0.25) is 0 Å². The highest BCUT2D eigenvalue weighted by molar-refractivity contribution is 8.13. The minimum atomic E-state index is -3.69. The number of hydrogen-bond donors (Lipinski definition) is 0. The third kappa shape index (κ3) is 3.92. The van der Waals surface area contributed by atoms with Crippen molar-refractivity contribution in [1.29, 1.82) is 0 Å². The summed E-state index contributed by atoms with van der Waals surface area (Å²) in [6, 6.07) is 23.5. The first-order valence-corrected chi connectivity index (χ1v) is 9.21. The standard InChI is InChI=1S/C18H13ClO3S/c19-23(20,21)18-12-8-15(9-13-18)14-6-10-17(11-7-14)22-16-4-2-1-3-5-16/h1-13H. The van der Waals surface area contributed by atoms with E-state index in [-0.39, 0.29) is 4.90 Å². The van der Waals surface area contributed by atoms with Crippen molar-refractivity contribution < 1.29 is 13.2 Å². The highest BCUT2D eigenvalue weighted by atomic mass is 35.7. The number of halogens is 1. The van der Waals surface area contributed by atoms with Gasteiger partial charge in [0.05, 0.1) is 4.90 Å². The highest BCUT2D eigenvalue weighted by Crippen LogP contribution is 2.27. The van der Waals surface area contributed by atoms with Gasteiger partial charge in [-0.25, -0.2) is 8.42 Å². The highest BCUT2D eigenvalue weighted by Gasteiger charge is 2.09. The van der Waals surface area contributed by atoms with Crippen molar-refractivity contribution in [2.75, 3.05) is 0 Å². The zero-order chi connectivity index (χ0) is 16.3. The zero-order valence-electron chi connectivity index (χ0n) is 12.0. The van der Waals surface area contributed by atoms with Crippen molar-refractivity contribution in [3.05, 3.63) is 78.9 Å². The molecule has 0 unspecified atom stereocenters. The summed E-state index contributed by atoms with van der Waals surface area (Å²) in [5.74, 6) is 1.51. The fraction of sp³-hybridized carbons (Fsp3) is 0. The third-order valence-corrected chi connectivity index (χ3v) is 4.67. The van der Waals surface area contributed by atoms with E-state index < -0.39 is 9.05 Å². The average molecular weight is 345 g/mol. The Balaban J connectivity index is 1.79. The number of benzene rings is 3. The number of rotatable bonds is 4. The van der Waals surface area contributed by atoms with Gasteiger partial charge in [0, 0.05) is 10.7 Å². The van der Waals surface area contributed by atoms with Crippen molar-refractivity contribution in [3.63, 3.8) is 0 Å². The maximum Gasteiger partial charge on any atom is 0.261 e. The molecule has 0 aliphatic rings. The molecule has 0 atom stereocenters. The van der Waals surface area contributed by atoms with Gasteiger partial charge in [-0.1, -0.05) is 42.5 Å². The Morgan fingerprint density at radius 1 is 0.652 bits per heavy atom. The van der Waals surface area contributed by atoms with E-state index in [1.807, 2.05) is 54.6 Å². The topological polar surface area (TPSA) is 43.4 Å². The summed E-state index contributed by atoms with van der Waals surface area (Å²) in [7, 11) is 1.62. The van der Waals surface area contributed by atoms with Gasteiger partial charge in [-0.15, -0.1) is 0 Å². The lowest BCUT2D eigenvalue weighted by molar-refractivity contribution is 0.483. The Labute approximate surface area is 139 Å². The van der Waals surface area contributed by atoms with Crippen molar-refractivity contribution >= 4 is 19.7 Å². The molecular weight excluding hydrogens is 332 g/mol. The summed E-state index contributed by atoms with van der Waals surface area (Å²) < 4.78 is 28.2. The van der Waals surface area contributed by atoms with Gasteiger partial charge in [0.1, 0.15) is 11.5 Å². The molecule has 0 N–H and O–H groups in total. The molecule has 0 spiro atoms. The van der Waals surface area contributed by atoms with Crippen molar-refractivity contribution in [2.45, 2.75) is 4.90 Å². The molecule has 5 heteroatoms. The van der Waals surface area contributed by atoms with Gasteiger partial charge < -0.3 is 4.74 Å². The average Bonchev–Trinajstić information content (AvgIpc) is 2.56. The summed E-state index contributed by atoms with van der Waals surface area (Å²) in [6.07, 6.45) is 0. The Kier molecular flexibility index (Phi) is 4.37. The molecule has 0 heterocycles. The van der Waals surface area contributed by atoms with Crippen LogP contribution in [0, 0.1) is 0 Å². The second-order valence-corrected chi connectivity index (χ2v) is 7.47. The van der Waals surface area contributed by atoms with Crippen molar-refractivity contribution in [1.82, 2.24) is 0 Å². The maximum atomic E-state index is 11.2. The number of ether oxygens (including phenoxy) is 1. The third-order valence-electron chi connectivity index (χ3n) is 3.30. The van der Waals surface area contributed by atoms with E-state index in [9.17, 15) is 8.42 Å². The lowest BCUT2D eigenvalue weighted by Crippen LogP contribution is -1.90. The van der Waals surface area contributed by atoms with Crippen LogP contribution in [-0.2, 0) is 9.05 Å². The molecular formula is C18H13ClO3S. The monoisotopic (exact) mass is 344 g/mol. The minimum Gasteiger partial charge on any atom is -0.457 e. The summed E-state index contributed by atoms with van der Waals surface area (Å²) in [5, 5.41) is 0. The summed E-state index contributed by atoms with van der Waals surface area (Å²) in [6.45, 7) is 0. The SMILES string of the molecule is O=S(=O)(Cl)c1ccc(-c2ccc(Oc3ccccc3)cc2)cc1. The molecule has 3 aromatic rings. The molecule has 0 amide bonds. The Morgan fingerprint density at radius 3 is 1.65 bits per heavy atom. The Morgan fingerprint density at radius 2 is 1.13 bits per heavy atom. The van der Waals surface area contributed by atoms with Crippen molar-refractivity contribution in [3.8, 4) is 22.6 Å². The van der Waals surface area contributed by atoms with E-state index in [1.54, 1.807) is 12.1 Å². The molecule has 0 saturated heterocycles. The molecule has 0 fully saturated rings. The molecule has 23 heavy (non-hydrogen) atoms. The van der Waals surface area contributed by atoms with Crippen LogP contribution in [0.3, 0.4) is 0 Å². The van der Waals surface area contributed by atoms with Gasteiger partial charge in [0.2, 0.25) is 0 Å². The van der Waals surface area contributed by atoms with Crippen LogP contribution in [-0.4, -0.2) is 8.42 Å². The van der Waals surface area contributed by atoms with Gasteiger partial charge in [-0.05, 0) is 47.5 Å². The molecule has 116 valence electrons. The molecule has 0 bridgehead atoms. The van der Waals surface area contributed by atoms with Gasteiger partial charge in [-0.2, -0.15) is 0 Å². The lowest BCUT2D eigenvalue weighted by Gasteiger charge is -2.07. The van der Waals surface area contributed by atoms with Crippen LogP contribution in [0.4, 0.5) is 0 Å². The molecule has 0 aromatic heterocycles. The second-order valence-electron chi connectivity index (χ2n) is 4.90. The summed E-state index contributed by atoms with van der Waals surface area (Å²) in [4.78, 5) is 0.0898. The molecule has 0 saturated carbocycles. The van der Waals surface area contributed by atoms with E-state index in [1.165, 1.54) is 12.1 Å². The van der Waals surface area contributed by atoms with Crippen LogP contribution in [0.5, 0.6) is 11.5 Å². The first kappa shape index (κ1) is 15.6. The van der Waals surface area contributed by atoms with Gasteiger partial charge in [0.25, 0.3) is 9.05 Å². The molecule has 3 nitrogen and oxygen atoms in total. The van der Waals surface area contributed by atoms with Crippen LogP contribution >= 0.6 is 10.7 Å². The molecule has 0 aliphatic carbocycles. The number of hydrogen-bond acceptors (Lipinski definition) is 3. The molecule has 3 aromatic carbocycles. The predicted molar refractivity (Wildman–Crippen MR) is 91.4 cm³/mol.